The number of aliphatic hydroxyl groups excluding tert-OH is 1. The van der Waals surface area contributed by atoms with Crippen molar-refractivity contribution in [3.8, 4) is 5.75 Å². The minimum atomic E-state index is -0.933. The number of thioether (sulfide) groups is 1. The van der Waals surface area contributed by atoms with E-state index < -0.39 is 17.7 Å². The molecule has 1 aromatic heterocycles. The Balaban J connectivity index is 1.52. The minimum Gasteiger partial charge on any atom is -0.507 e. The van der Waals surface area contributed by atoms with Gasteiger partial charge in [0.05, 0.1) is 18.2 Å². The Morgan fingerprint density at radius 1 is 1.05 bits per heavy atom. The molecule has 1 saturated heterocycles. The van der Waals surface area contributed by atoms with E-state index in [2.05, 4.69) is 17.1 Å². The predicted octanol–water partition coefficient (Wildman–Crippen LogP) is 6.77. The number of hydrogen-bond donors (Lipinski definition) is 1. The van der Waals surface area contributed by atoms with Gasteiger partial charge in [-0.2, -0.15) is 0 Å². The van der Waals surface area contributed by atoms with E-state index >= 15 is 0 Å². The van der Waals surface area contributed by atoms with E-state index in [0.29, 0.717) is 33.6 Å². The number of Topliss-reactive ketones (excluding diaryl/α,β-unsaturated/α-hetero) is 1. The number of ether oxygens (including phenoxy) is 1. The predicted molar refractivity (Wildman–Crippen MR) is 154 cm³/mol. The number of benzene rings is 3. The van der Waals surface area contributed by atoms with Crippen molar-refractivity contribution in [1.29, 1.82) is 0 Å². The third-order valence-corrected chi connectivity index (χ3v) is 8.44. The lowest BCUT2D eigenvalue weighted by Crippen LogP contribution is -2.29. The van der Waals surface area contributed by atoms with Gasteiger partial charge >= 0.3 is 5.91 Å². The highest BCUT2D eigenvalue weighted by molar-refractivity contribution is 8.00. The smallest absolute Gasteiger partial charge is 0.301 e. The third kappa shape index (κ3) is 5.93. The standard InChI is InChI=1S/C30H26FN3O4S2/c1-2-3-16-38-23-11-7-10-21(17-23)25-24(26(35)20-8-5-4-6-9-20)27(36)28(37)34(25)29-32-33-30(40-29)39-18-19-12-14-22(31)15-13-19/h4-15,17,25,35H,2-3,16,18H2,1H3. The molecule has 0 aliphatic carbocycles. The number of amides is 1. The Hall–Kier alpha value is -4.02. The highest BCUT2D eigenvalue weighted by atomic mass is 32.2. The molecule has 0 bridgehead atoms. The molecule has 2 heterocycles. The summed E-state index contributed by atoms with van der Waals surface area (Å²) >= 11 is 2.57. The number of carbonyl (C=O) groups excluding carboxylic acids is 2. The van der Waals surface area contributed by atoms with Gasteiger partial charge in [0.25, 0.3) is 5.78 Å². The lowest BCUT2D eigenvalue weighted by atomic mass is 9.95. The van der Waals surface area contributed by atoms with Crippen molar-refractivity contribution in [3.63, 3.8) is 0 Å². The van der Waals surface area contributed by atoms with Crippen molar-refractivity contribution in [3.05, 3.63) is 107 Å². The van der Waals surface area contributed by atoms with Crippen LogP contribution in [0.15, 0.2) is 88.8 Å². The summed E-state index contributed by atoms with van der Waals surface area (Å²) in [7, 11) is 0. The highest BCUT2D eigenvalue weighted by Crippen LogP contribution is 2.44. The zero-order valence-corrected chi connectivity index (χ0v) is 23.3. The van der Waals surface area contributed by atoms with E-state index in [9.17, 15) is 19.1 Å². The number of halogens is 1. The summed E-state index contributed by atoms with van der Waals surface area (Å²) < 4.78 is 19.7. The fourth-order valence-corrected chi connectivity index (χ4v) is 6.11. The summed E-state index contributed by atoms with van der Waals surface area (Å²) in [6, 6.07) is 21.1. The lowest BCUT2D eigenvalue weighted by Gasteiger charge is -2.23. The normalized spacial score (nSPS) is 16.4. The van der Waals surface area contributed by atoms with Gasteiger partial charge in [-0.15, -0.1) is 10.2 Å². The van der Waals surface area contributed by atoms with Crippen molar-refractivity contribution in [2.75, 3.05) is 11.5 Å². The van der Waals surface area contributed by atoms with Crippen LogP contribution < -0.4 is 9.64 Å². The number of rotatable bonds is 10. The molecule has 1 aliphatic rings. The lowest BCUT2D eigenvalue weighted by molar-refractivity contribution is -0.132. The van der Waals surface area contributed by atoms with Crippen LogP contribution >= 0.6 is 23.1 Å². The van der Waals surface area contributed by atoms with Crippen molar-refractivity contribution >= 4 is 45.7 Å². The average Bonchev–Trinajstić information content (AvgIpc) is 3.55. The Bertz CT molecular complexity index is 1540. The highest BCUT2D eigenvalue weighted by Gasteiger charge is 2.48. The van der Waals surface area contributed by atoms with Crippen molar-refractivity contribution in [1.82, 2.24) is 10.2 Å². The molecule has 1 N–H and O–H groups in total. The van der Waals surface area contributed by atoms with Gasteiger partial charge < -0.3 is 9.84 Å². The van der Waals surface area contributed by atoms with Crippen LogP contribution in [0.1, 0.15) is 42.5 Å². The maximum atomic E-state index is 13.4. The monoisotopic (exact) mass is 575 g/mol. The van der Waals surface area contributed by atoms with Gasteiger partial charge in [0.1, 0.15) is 17.3 Å². The zero-order valence-electron chi connectivity index (χ0n) is 21.6. The Labute approximate surface area is 239 Å². The van der Waals surface area contributed by atoms with Crippen LogP contribution in [0, 0.1) is 5.82 Å². The SMILES string of the molecule is CCCCOc1cccc(C2C(=C(O)c3ccccc3)C(=O)C(=O)N2c2nnc(SCc3ccc(F)cc3)s2)c1. The average molecular weight is 576 g/mol. The molecular weight excluding hydrogens is 549 g/mol. The Kier molecular flexibility index (Phi) is 8.57. The largest absolute Gasteiger partial charge is 0.507 e. The van der Waals surface area contributed by atoms with E-state index in [4.69, 9.17) is 4.74 Å². The summed E-state index contributed by atoms with van der Waals surface area (Å²) in [5, 5.41) is 20.0. The molecule has 1 amide bonds. The number of nitrogens with zero attached hydrogens (tertiary/aromatic N) is 3. The second-order valence-electron chi connectivity index (χ2n) is 9.08. The molecule has 0 spiro atoms. The molecule has 40 heavy (non-hydrogen) atoms. The van der Waals surface area contributed by atoms with Crippen LogP contribution in [0.5, 0.6) is 5.75 Å². The van der Waals surface area contributed by atoms with Crippen LogP contribution in [0.2, 0.25) is 0 Å². The first-order valence-corrected chi connectivity index (χ1v) is 14.6. The van der Waals surface area contributed by atoms with Gasteiger partial charge in [-0.25, -0.2) is 4.39 Å². The zero-order chi connectivity index (χ0) is 28.1. The first kappa shape index (κ1) is 27.5. The van der Waals surface area contributed by atoms with Gasteiger partial charge in [-0.3, -0.25) is 14.5 Å². The molecule has 1 atom stereocenters. The van der Waals surface area contributed by atoms with E-state index in [1.807, 2.05) is 6.07 Å². The first-order valence-electron chi connectivity index (χ1n) is 12.8. The van der Waals surface area contributed by atoms with Crippen molar-refractivity contribution in [2.24, 2.45) is 0 Å². The van der Waals surface area contributed by atoms with Crippen LogP contribution in [0.25, 0.3) is 5.76 Å². The maximum Gasteiger partial charge on any atom is 0.301 e. The fraction of sp³-hybridized carbons (Fsp3) is 0.200. The summed E-state index contributed by atoms with van der Waals surface area (Å²) in [6.07, 6.45) is 1.87. The first-order chi connectivity index (χ1) is 19.5. The summed E-state index contributed by atoms with van der Waals surface area (Å²) in [5.74, 6) is -1.05. The number of aliphatic hydroxyl groups is 1. The Morgan fingerprint density at radius 2 is 1.82 bits per heavy atom. The minimum absolute atomic E-state index is 0.0300. The van der Waals surface area contributed by atoms with Crippen molar-refractivity contribution < 1.29 is 23.8 Å². The van der Waals surface area contributed by atoms with Gasteiger partial charge in [0.2, 0.25) is 5.13 Å². The van der Waals surface area contributed by atoms with Gasteiger partial charge in [-0.05, 0) is 41.8 Å². The molecule has 1 unspecified atom stereocenters. The van der Waals surface area contributed by atoms with Crippen LogP contribution in [-0.2, 0) is 15.3 Å². The van der Waals surface area contributed by atoms with Crippen LogP contribution in [0.3, 0.4) is 0 Å². The van der Waals surface area contributed by atoms with E-state index in [-0.39, 0.29) is 22.3 Å². The van der Waals surface area contributed by atoms with Crippen LogP contribution in [0.4, 0.5) is 9.52 Å². The van der Waals surface area contributed by atoms with E-state index in [0.717, 1.165) is 18.4 Å². The Morgan fingerprint density at radius 3 is 2.58 bits per heavy atom. The van der Waals surface area contributed by atoms with Crippen molar-refractivity contribution in [2.45, 2.75) is 35.9 Å². The molecule has 204 valence electrons. The second-order valence-corrected chi connectivity index (χ2v) is 11.3. The third-order valence-electron chi connectivity index (χ3n) is 6.31. The quantitative estimate of drug-likeness (QED) is 0.0557. The number of hydrogen-bond acceptors (Lipinski definition) is 8. The van der Waals surface area contributed by atoms with E-state index in [1.54, 1.807) is 60.7 Å². The molecule has 3 aromatic carbocycles. The van der Waals surface area contributed by atoms with E-state index in [1.165, 1.54) is 40.1 Å². The molecule has 10 heteroatoms. The molecule has 5 rings (SSSR count). The molecule has 4 aromatic rings. The summed E-state index contributed by atoms with van der Waals surface area (Å²) in [5.41, 5.74) is 1.90. The fourth-order valence-electron chi connectivity index (χ4n) is 4.29. The number of aromatic nitrogens is 2. The number of ketones is 1. The number of anilines is 1. The summed E-state index contributed by atoms with van der Waals surface area (Å²) in [6.45, 7) is 2.61. The molecule has 1 fully saturated rings. The molecule has 0 saturated carbocycles. The van der Waals surface area contributed by atoms with Gasteiger partial charge in [0.15, 0.2) is 4.34 Å². The number of carbonyl (C=O) groups is 2. The number of unbranched alkanes of at least 4 members (excludes halogenated alkanes) is 1. The molecule has 1 aliphatic heterocycles. The topological polar surface area (TPSA) is 92.6 Å². The summed E-state index contributed by atoms with van der Waals surface area (Å²) in [4.78, 5) is 28.2. The maximum absolute atomic E-state index is 13.4. The molecule has 7 nitrogen and oxygen atoms in total. The second kappa shape index (κ2) is 12.4. The van der Waals surface area contributed by atoms with Gasteiger partial charge in [-0.1, -0.05) is 91.0 Å². The molecular formula is C30H26FN3O4S2. The molecule has 0 radical (unpaired) electrons. The van der Waals surface area contributed by atoms with Crippen LogP contribution in [-0.4, -0.2) is 33.6 Å². The van der Waals surface area contributed by atoms with Gasteiger partial charge in [0, 0.05) is 11.3 Å².